The predicted octanol–water partition coefficient (Wildman–Crippen LogP) is 1.74. The van der Waals surface area contributed by atoms with E-state index in [1.54, 1.807) is 6.07 Å². The molecule has 0 atom stereocenters. The molecule has 0 saturated heterocycles. The van der Waals surface area contributed by atoms with Gasteiger partial charge in [0.1, 0.15) is 0 Å². The van der Waals surface area contributed by atoms with Crippen LogP contribution in [-0.4, -0.2) is 15.2 Å². The van der Waals surface area contributed by atoms with Crippen LogP contribution in [0.3, 0.4) is 0 Å². The van der Waals surface area contributed by atoms with Gasteiger partial charge in [-0.25, -0.2) is 9.89 Å². The van der Waals surface area contributed by atoms with Crippen LogP contribution < -0.4 is 16.6 Å². The number of anilines is 1. The number of aromatic nitrogens is 3. The van der Waals surface area contributed by atoms with Gasteiger partial charge in [-0.05, 0) is 11.6 Å². The summed E-state index contributed by atoms with van der Waals surface area (Å²) in [4.78, 5) is 25.2. The summed E-state index contributed by atoms with van der Waals surface area (Å²) in [5, 5.41) is 9.38. The molecule has 0 spiro atoms. The van der Waals surface area contributed by atoms with Gasteiger partial charge in [-0.3, -0.25) is 9.78 Å². The quantitative estimate of drug-likeness (QED) is 0.683. The summed E-state index contributed by atoms with van der Waals surface area (Å²) in [5.74, 6) is 0. The molecule has 110 valence electrons. The minimum absolute atomic E-state index is 0.177. The topological polar surface area (TPSA) is 90.6 Å². The summed E-state index contributed by atoms with van der Waals surface area (Å²) in [7, 11) is 0. The maximum absolute atomic E-state index is 11.9. The van der Waals surface area contributed by atoms with Crippen molar-refractivity contribution in [3.05, 3.63) is 81.0 Å². The van der Waals surface area contributed by atoms with E-state index in [1.807, 2.05) is 48.5 Å². The number of hydrogen-bond donors (Lipinski definition) is 3. The Morgan fingerprint density at radius 1 is 0.955 bits per heavy atom. The second-order valence-corrected chi connectivity index (χ2v) is 4.74. The number of para-hydroxylation sites is 1. The van der Waals surface area contributed by atoms with Gasteiger partial charge < -0.3 is 5.32 Å². The summed E-state index contributed by atoms with van der Waals surface area (Å²) in [6.07, 6.45) is 0. The molecule has 1 aromatic heterocycles. The van der Waals surface area contributed by atoms with Gasteiger partial charge in [-0.15, -0.1) is 0 Å². The first-order chi connectivity index (χ1) is 10.7. The number of hydrogen-bond acceptors (Lipinski definition) is 4. The Labute approximate surface area is 125 Å². The van der Waals surface area contributed by atoms with Crippen molar-refractivity contribution in [2.45, 2.75) is 6.54 Å². The molecule has 0 saturated carbocycles. The molecular formula is C16H14N4O2. The van der Waals surface area contributed by atoms with E-state index in [0.717, 1.165) is 11.3 Å². The van der Waals surface area contributed by atoms with Crippen molar-refractivity contribution >= 4 is 5.69 Å². The van der Waals surface area contributed by atoms with E-state index in [9.17, 15) is 9.59 Å². The van der Waals surface area contributed by atoms with Crippen molar-refractivity contribution < 1.29 is 0 Å². The summed E-state index contributed by atoms with van der Waals surface area (Å²) in [6.45, 7) is 0.624. The molecule has 0 aliphatic rings. The van der Waals surface area contributed by atoms with Crippen LogP contribution in [0.1, 0.15) is 5.56 Å². The van der Waals surface area contributed by atoms with Crippen molar-refractivity contribution in [1.82, 2.24) is 15.2 Å². The Kier molecular flexibility index (Phi) is 3.82. The van der Waals surface area contributed by atoms with E-state index in [1.165, 1.54) is 0 Å². The van der Waals surface area contributed by atoms with Gasteiger partial charge in [-0.2, -0.15) is 5.10 Å². The highest BCUT2D eigenvalue weighted by Gasteiger charge is 2.10. The van der Waals surface area contributed by atoms with Crippen LogP contribution in [0.25, 0.3) is 11.3 Å². The van der Waals surface area contributed by atoms with E-state index < -0.39 is 11.2 Å². The Balaban J connectivity index is 1.93. The van der Waals surface area contributed by atoms with E-state index in [2.05, 4.69) is 20.5 Å². The molecule has 3 rings (SSSR count). The summed E-state index contributed by atoms with van der Waals surface area (Å²) < 4.78 is 0. The minimum atomic E-state index is -0.622. The minimum Gasteiger partial charge on any atom is -0.380 e. The molecule has 3 N–H and O–H groups in total. The molecular weight excluding hydrogens is 280 g/mol. The van der Waals surface area contributed by atoms with Gasteiger partial charge >= 0.3 is 5.69 Å². The average Bonchev–Trinajstić information content (AvgIpc) is 2.54. The van der Waals surface area contributed by atoms with Crippen molar-refractivity contribution in [1.29, 1.82) is 0 Å². The molecule has 0 bridgehead atoms. The highest BCUT2D eigenvalue weighted by atomic mass is 16.2. The second-order valence-electron chi connectivity index (χ2n) is 4.74. The van der Waals surface area contributed by atoms with Crippen LogP contribution >= 0.6 is 0 Å². The smallest absolute Gasteiger partial charge is 0.342 e. The van der Waals surface area contributed by atoms with Crippen LogP contribution in [0.2, 0.25) is 0 Å². The number of nitrogens with one attached hydrogen (secondary N) is 3. The third-order valence-corrected chi connectivity index (χ3v) is 3.22. The number of H-pyrrole nitrogens is 2. The lowest BCUT2D eigenvalue weighted by Crippen LogP contribution is -2.25. The maximum Gasteiger partial charge on any atom is 0.342 e. The molecule has 22 heavy (non-hydrogen) atoms. The normalized spacial score (nSPS) is 10.4. The van der Waals surface area contributed by atoms with E-state index >= 15 is 0 Å². The molecule has 2 aromatic carbocycles. The van der Waals surface area contributed by atoms with Crippen molar-refractivity contribution in [2.24, 2.45) is 0 Å². The van der Waals surface area contributed by atoms with Gasteiger partial charge in [0.2, 0.25) is 0 Å². The average molecular weight is 294 g/mol. The number of benzene rings is 2. The third kappa shape index (κ3) is 2.95. The molecule has 0 aliphatic carbocycles. The Bertz CT molecular complexity index is 884. The fourth-order valence-corrected chi connectivity index (χ4v) is 2.17. The van der Waals surface area contributed by atoms with Crippen LogP contribution in [-0.2, 0) is 6.54 Å². The van der Waals surface area contributed by atoms with Crippen LogP contribution in [0, 0.1) is 0 Å². The molecule has 1 heterocycles. The van der Waals surface area contributed by atoms with Gasteiger partial charge in [0.25, 0.3) is 5.56 Å². The lowest BCUT2D eigenvalue weighted by molar-refractivity contribution is 0.897. The fraction of sp³-hybridized carbons (Fsp3) is 0.0625. The van der Waals surface area contributed by atoms with Crippen molar-refractivity contribution in [3.63, 3.8) is 0 Å². The second kappa shape index (κ2) is 6.09. The van der Waals surface area contributed by atoms with E-state index in [0.29, 0.717) is 12.1 Å². The van der Waals surface area contributed by atoms with Crippen LogP contribution in [0.15, 0.2) is 64.2 Å². The number of aromatic amines is 2. The zero-order valence-corrected chi connectivity index (χ0v) is 11.7. The van der Waals surface area contributed by atoms with E-state index in [-0.39, 0.29) is 5.69 Å². The summed E-state index contributed by atoms with van der Waals surface area (Å²) >= 11 is 0. The standard InChI is InChI=1S/C16H14N4O2/c21-15-14(19-20-16(22)18-15)12-8-4-5-9-13(12)17-10-11-6-2-1-3-7-11/h1-9,17H,10H2,(H2,18,20,21,22). The van der Waals surface area contributed by atoms with Crippen LogP contribution in [0.5, 0.6) is 0 Å². The van der Waals surface area contributed by atoms with Crippen LogP contribution in [0.4, 0.5) is 5.69 Å². The monoisotopic (exact) mass is 294 g/mol. The lowest BCUT2D eigenvalue weighted by atomic mass is 10.1. The van der Waals surface area contributed by atoms with Gasteiger partial charge in [0.15, 0.2) is 5.69 Å². The maximum atomic E-state index is 11.9. The highest BCUT2D eigenvalue weighted by Crippen LogP contribution is 2.23. The number of nitrogens with zero attached hydrogens (tertiary/aromatic N) is 1. The van der Waals surface area contributed by atoms with Gasteiger partial charge in [0.05, 0.1) is 0 Å². The molecule has 6 heteroatoms. The molecule has 0 aliphatic heterocycles. The molecule has 0 radical (unpaired) electrons. The SMILES string of the molecule is O=c1[nH]nc(-c2ccccc2NCc2ccccc2)c(=O)[nH]1. The van der Waals surface area contributed by atoms with Crippen molar-refractivity contribution in [3.8, 4) is 11.3 Å². The Morgan fingerprint density at radius 2 is 1.68 bits per heavy atom. The third-order valence-electron chi connectivity index (χ3n) is 3.22. The predicted molar refractivity (Wildman–Crippen MR) is 84.7 cm³/mol. The summed E-state index contributed by atoms with van der Waals surface area (Å²) in [6, 6.07) is 17.3. The molecule has 0 amide bonds. The number of rotatable bonds is 4. The first-order valence-electron chi connectivity index (χ1n) is 6.80. The molecule has 0 fully saturated rings. The lowest BCUT2D eigenvalue weighted by Gasteiger charge is -2.11. The first kappa shape index (κ1) is 13.8. The Morgan fingerprint density at radius 3 is 2.45 bits per heavy atom. The molecule has 3 aromatic rings. The first-order valence-corrected chi connectivity index (χ1v) is 6.80. The molecule has 0 unspecified atom stereocenters. The zero-order chi connectivity index (χ0) is 15.4. The van der Waals surface area contributed by atoms with Gasteiger partial charge in [-0.1, -0.05) is 48.5 Å². The molecule has 6 nitrogen and oxygen atoms in total. The largest absolute Gasteiger partial charge is 0.380 e. The van der Waals surface area contributed by atoms with Gasteiger partial charge in [0, 0.05) is 17.8 Å². The zero-order valence-electron chi connectivity index (χ0n) is 11.7. The Hall–Kier alpha value is -3.15. The highest BCUT2D eigenvalue weighted by molar-refractivity contribution is 5.74. The fourth-order valence-electron chi connectivity index (χ4n) is 2.17. The summed E-state index contributed by atoms with van der Waals surface area (Å²) in [5.41, 5.74) is 1.57. The van der Waals surface area contributed by atoms with Crippen molar-refractivity contribution in [2.75, 3.05) is 5.32 Å². The van der Waals surface area contributed by atoms with E-state index in [4.69, 9.17) is 0 Å².